The molecule has 0 spiro atoms. The number of fused-ring (bicyclic) bond motifs is 2. The van der Waals surface area contributed by atoms with E-state index >= 15 is 0 Å². The Kier molecular flexibility index (Phi) is 31.0. The van der Waals surface area contributed by atoms with Crippen molar-refractivity contribution in [2.45, 2.75) is 156 Å². The fraction of sp³-hybridized carbons (Fsp3) is 0.615. The molecule has 0 aliphatic carbocycles. The number of amides is 2. The molecule has 6 rings (SSSR count). The highest BCUT2D eigenvalue weighted by atomic mass is 16.7. The van der Waals surface area contributed by atoms with Crippen LogP contribution in [0.1, 0.15) is 128 Å². The van der Waals surface area contributed by atoms with E-state index in [9.17, 15) is 28.8 Å². The summed E-state index contributed by atoms with van der Waals surface area (Å²) in [6.07, 6.45) is 6.63. The van der Waals surface area contributed by atoms with Gasteiger partial charge in [-0.15, -0.1) is 9.36 Å². The van der Waals surface area contributed by atoms with Gasteiger partial charge in [0, 0.05) is 65.9 Å². The molecule has 0 bridgehead atoms. The maximum absolute atomic E-state index is 13.7. The largest absolute Gasteiger partial charge is 0.487 e. The first-order valence-electron chi connectivity index (χ1n) is 31.4. The van der Waals surface area contributed by atoms with Crippen LogP contribution in [0.3, 0.4) is 0 Å². The van der Waals surface area contributed by atoms with Crippen LogP contribution in [0, 0.1) is 0 Å². The van der Waals surface area contributed by atoms with Gasteiger partial charge in [-0.25, -0.2) is 4.79 Å². The summed E-state index contributed by atoms with van der Waals surface area (Å²) in [6.45, 7) is 16.2. The summed E-state index contributed by atoms with van der Waals surface area (Å²) >= 11 is 0. The van der Waals surface area contributed by atoms with Crippen LogP contribution in [0.4, 0.5) is 4.79 Å². The van der Waals surface area contributed by atoms with Crippen LogP contribution in [0.5, 0.6) is 23.0 Å². The van der Waals surface area contributed by atoms with Crippen LogP contribution < -0.4 is 33.5 Å². The summed E-state index contributed by atoms with van der Waals surface area (Å²) in [4.78, 5) is 77.0. The normalized spacial score (nSPS) is 18.9. The first-order chi connectivity index (χ1) is 43.8. The lowest BCUT2D eigenvalue weighted by atomic mass is 9.97. The summed E-state index contributed by atoms with van der Waals surface area (Å²) in [5, 5.41) is 7.67. The monoisotopic (exact) mass is 1280 g/mol. The molecule has 0 saturated carbocycles. The lowest BCUT2D eigenvalue weighted by molar-refractivity contribution is -0.777. The SMILES string of the molecule is CC(=O)OC[C@H]1O[C@H]([n+]2ccc(C(=O)NCCCCCC[n+]3cc(CCCCCCN(Cc4ccc5c(c4)OCCOCCOCCOc4ccccc4OCCOCCOCCO5)C(=O)OC(C)(C)C)n(C)n3)cc2)[C@@H](OC(C)=O)[C@@H](OC(C)=O)[C@@H]1OC(C)=O. The van der Waals surface area contributed by atoms with Crippen LogP contribution in [-0.2, 0) is 93.1 Å². The number of rotatable bonds is 23. The van der Waals surface area contributed by atoms with E-state index in [4.69, 9.17) is 71.5 Å². The van der Waals surface area contributed by atoms with Crippen molar-refractivity contribution < 1.29 is 104 Å². The number of carbonyl (C=O) groups excluding carboxylic acids is 6. The van der Waals surface area contributed by atoms with Crippen molar-refractivity contribution in [1.82, 2.24) is 20.1 Å². The van der Waals surface area contributed by atoms with Crippen molar-refractivity contribution in [2.24, 2.45) is 7.05 Å². The number of carbonyl (C=O) groups is 6. The maximum Gasteiger partial charge on any atom is 0.410 e. The number of nitrogens with zero attached hydrogens (tertiary/aromatic N) is 5. The number of esters is 4. The Morgan fingerprint density at radius 2 is 1.14 bits per heavy atom. The number of benzene rings is 2. The van der Waals surface area contributed by atoms with E-state index in [0.717, 1.165) is 89.4 Å². The van der Waals surface area contributed by atoms with Gasteiger partial charge in [0.15, 0.2) is 59.5 Å². The molecule has 26 nitrogen and oxygen atoms in total. The fourth-order valence-electron chi connectivity index (χ4n) is 9.91. The highest BCUT2D eigenvalue weighted by Gasteiger charge is 2.56. The summed E-state index contributed by atoms with van der Waals surface area (Å²) < 4.78 is 86.4. The third-order valence-electron chi connectivity index (χ3n) is 14.1. The third kappa shape index (κ3) is 26.6. The van der Waals surface area contributed by atoms with E-state index in [1.165, 1.54) is 18.4 Å². The Labute approximate surface area is 533 Å². The molecule has 91 heavy (non-hydrogen) atoms. The van der Waals surface area contributed by atoms with E-state index in [0.29, 0.717) is 114 Å². The van der Waals surface area contributed by atoms with E-state index in [2.05, 4.69) is 11.5 Å². The van der Waals surface area contributed by atoms with Crippen molar-refractivity contribution in [3.63, 3.8) is 0 Å². The Hall–Kier alpha value is -7.65. The van der Waals surface area contributed by atoms with Crippen LogP contribution in [0.25, 0.3) is 0 Å². The van der Waals surface area contributed by atoms with Gasteiger partial charge in [-0.05, 0) is 82.7 Å². The lowest BCUT2D eigenvalue weighted by Gasteiger charge is -2.41. The fourth-order valence-corrected chi connectivity index (χ4v) is 9.91. The Bertz CT molecular complexity index is 2880. The van der Waals surface area contributed by atoms with Crippen LogP contribution in [0.15, 0.2) is 73.2 Å². The van der Waals surface area contributed by atoms with Gasteiger partial charge in [-0.2, -0.15) is 4.57 Å². The molecule has 2 aliphatic rings. The van der Waals surface area contributed by atoms with Crippen molar-refractivity contribution in [3.8, 4) is 23.0 Å². The number of hydrogen-bond acceptors (Lipinski definition) is 21. The maximum atomic E-state index is 13.7. The first-order valence-corrected chi connectivity index (χ1v) is 31.4. The quantitative estimate of drug-likeness (QED) is 0.0381. The van der Waals surface area contributed by atoms with Crippen molar-refractivity contribution >= 4 is 35.9 Å². The van der Waals surface area contributed by atoms with Crippen LogP contribution in [0.2, 0.25) is 0 Å². The zero-order valence-corrected chi connectivity index (χ0v) is 54.1. The second-order valence-corrected chi connectivity index (χ2v) is 22.8. The molecule has 2 aromatic heterocycles. The van der Waals surface area contributed by atoms with E-state index in [-0.39, 0.29) is 25.7 Å². The third-order valence-corrected chi connectivity index (χ3v) is 14.1. The second kappa shape index (κ2) is 38.9. The topological polar surface area (TPSA) is 272 Å². The zero-order valence-electron chi connectivity index (χ0n) is 54.1. The highest BCUT2D eigenvalue weighted by Crippen LogP contribution is 2.33. The molecule has 2 amide bonds. The van der Waals surface area contributed by atoms with E-state index < -0.39 is 66.2 Å². The molecule has 1 saturated heterocycles. The Morgan fingerprint density at radius 3 is 1.73 bits per heavy atom. The van der Waals surface area contributed by atoms with Gasteiger partial charge in [0.2, 0.25) is 6.10 Å². The van der Waals surface area contributed by atoms with Gasteiger partial charge in [0.25, 0.3) is 5.91 Å². The number of hydrogen-bond donors (Lipinski definition) is 1. The smallest absolute Gasteiger partial charge is 0.410 e. The molecule has 1 N–H and O–H groups in total. The number of aryl methyl sites for hydroxylation is 3. The second-order valence-electron chi connectivity index (χ2n) is 22.8. The average Bonchev–Trinajstić information content (AvgIpc) is 1.32. The molecule has 0 unspecified atom stereocenters. The van der Waals surface area contributed by atoms with E-state index in [1.807, 2.05) is 79.6 Å². The summed E-state index contributed by atoms with van der Waals surface area (Å²) in [6, 6.07) is 16.3. The number of aromatic nitrogens is 4. The molecule has 1 fully saturated rings. The van der Waals surface area contributed by atoms with Gasteiger partial charge in [0.05, 0.1) is 63.6 Å². The van der Waals surface area contributed by atoms with Crippen molar-refractivity contribution in [3.05, 3.63) is 90.0 Å². The molecule has 4 aromatic rings. The molecule has 5 atom stereocenters. The predicted molar refractivity (Wildman–Crippen MR) is 325 cm³/mol. The highest BCUT2D eigenvalue weighted by molar-refractivity contribution is 5.93. The molecular weight excluding hydrogens is 1180 g/mol. The standard InChI is InChI=1S/C65H93N6O20/c1-47(72)86-46-58-59(87-48(2)73)60(88-49(3)74)61(89-50(4)75)63(90-58)69-29-24-52(25-30-69)62(76)66-26-16-10-12-18-28-71-45-53(68(8)67-71)19-13-9-11-17-27-70(64(77)91-65(5,6)7)44-51-22-23-56-57(43-51)85-42-38-81-34-33-79-36-40-83-55-21-15-14-20-54(55)82-39-35-78-31-32-80-37-41-84-56/h14-15,20-25,29-30,43,45,58-61,63H,9-13,16-19,26-28,31-42,44,46H2,1-8H3/q+1/p+1/t58-,59-,60+,61+,63+/m1/s1. The number of unbranched alkanes of at least 4 members (excludes halogenated alkanes) is 6. The number of para-hydroxylation sites is 2. The molecular formula is C65H94N6O20+2. The van der Waals surface area contributed by atoms with Gasteiger partial charge in [-0.1, -0.05) is 37.5 Å². The van der Waals surface area contributed by atoms with Gasteiger partial charge >= 0.3 is 36.2 Å². The molecule has 26 heteroatoms. The van der Waals surface area contributed by atoms with Gasteiger partial charge < -0.3 is 76.5 Å². The molecule has 4 heterocycles. The Morgan fingerprint density at radius 1 is 0.615 bits per heavy atom. The number of pyridine rings is 1. The summed E-state index contributed by atoms with van der Waals surface area (Å²) in [5.74, 6) is -0.759. The minimum absolute atomic E-state index is 0.263. The summed E-state index contributed by atoms with van der Waals surface area (Å²) in [7, 11) is 1.96. The predicted octanol–water partition coefficient (Wildman–Crippen LogP) is 6.08. The number of nitrogens with one attached hydrogen (secondary N) is 1. The lowest BCUT2D eigenvalue weighted by Crippen LogP contribution is -2.65. The van der Waals surface area contributed by atoms with Gasteiger partial charge in [0.1, 0.15) is 58.3 Å². The minimum atomic E-state index is -1.33. The van der Waals surface area contributed by atoms with Crippen molar-refractivity contribution in [2.75, 3.05) is 99.0 Å². The first kappa shape index (κ1) is 72.4. The van der Waals surface area contributed by atoms with Crippen LogP contribution in [-0.4, -0.2) is 180 Å². The van der Waals surface area contributed by atoms with Crippen LogP contribution >= 0.6 is 0 Å². The average molecular weight is 1280 g/mol. The number of ether oxygens (including phenoxy) is 14. The molecule has 2 aromatic carbocycles. The van der Waals surface area contributed by atoms with Gasteiger partial charge in [-0.3, -0.25) is 24.0 Å². The summed E-state index contributed by atoms with van der Waals surface area (Å²) in [5.41, 5.74) is 1.67. The Balaban J connectivity index is 0.910. The van der Waals surface area contributed by atoms with Crippen molar-refractivity contribution in [1.29, 1.82) is 0 Å². The van der Waals surface area contributed by atoms with E-state index in [1.54, 1.807) is 29.4 Å². The molecule has 0 radical (unpaired) electrons. The minimum Gasteiger partial charge on any atom is -0.487 e. The zero-order chi connectivity index (χ0) is 65.4. The molecule has 2 aliphatic heterocycles. The molecule has 502 valence electrons.